The lowest BCUT2D eigenvalue weighted by Gasteiger charge is -2.40. The van der Waals surface area contributed by atoms with Gasteiger partial charge in [-0.15, -0.1) is 5.10 Å². The van der Waals surface area contributed by atoms with Gasteiger partial charge >= 0.3 is 5.97 Å². The molecule has 1 saturated carbocycles. The van der Waals surface area contributed by atoms with Crippen molar-refractivity contribution >= 4 is 11.9 Å². The third-order valence-electron chi connectivity index (χ3n) is 4.07. The molecule has 0 radical (unpaired) electrons. The van der Waals surface area contributed by atoms with Crippen LogP contribution in [0.25, 0.3) is 0 Å². The van der Waals surface area contributed by atoms with Crippen LogP contribution in [-0.4, -0.2) is 32.8 Å². The Morgan fingerprint density at radius 2 is 1.95 bits per heavy atom. The second-order valence-corrected chi connectivity index (χ2v) is 5.51. The molecule has 1 aromatic rings. The second-order valence-electron chi connectivity index (χ2n) is 5.51. The zero-order valence-corrected chi connectivity index (χ0v) is 12.1. The molecule has 1 aliphatic rings. The molecule has 1 aromatic heterocycles. The molecule has 2 N–H and O–H groups in total. The van der Waals surface area contributed by atoms with Crippen LogP contribution in [0.5, 0.6) is 0 Å². The summed E-state index contributed by atoms with van der Waals surface area (Å²) in [6.45, 7) is 4.69. The minimum absolute atomic E-state index is 0.134. The molecule has 0 saturated heterocycles. The number of carboxylic acid groups (broad SMARTS) is 1. The van der Waals surface area contributed by atoms with E-state index in [2.05, 4.69) is 20.5 Å². The quantitative estimate of drug-likeness (QED) is 0.793. The topological polar surface area (TPSA) is 88.0 Å². The number of aliphatic carboxylic acids is 1. The number of hydrogen-bond donors (Lipinski definition) is 2. The van der Waals surface area contributed by atoms with Gasteiger partial charge in [-0.3, -0.25) is 4.79 Å². The first-order valence-electron chi connectivity index (χ1n) is 7.26. The summed E-state index contributed by atoms with van der Waals surface area (Å²) in [6.07, 6.45) is 4.87. The fourth-order valence-electron chi connectivity index (χ4n) is 2.69. The maximum absolute atomic E-state index is 10.9. The Labute approximate surface area is 119 Å². The highest BCUT2D eigenvalue weighted by Crippen LogP contribution is 2.43. The standard InChI is InChI=1S/C14H22N4O2/c1-3-10-11(4-2)17-18-13(16-10)15-9-14(6-5-7-14)8-12(19)20/h3-9H2,1-2H3,(H,19,20)(H,15,16,18). The van der Waals surface area contributed by atoms with Crippen LogP contribution in [0.4, 0.5) is 5.95 Å². The van der Waals surface area contributed by atoms with E-state index in [4.69, 9.17) is 5.11 Å². The minimum atomic E-state index is -0.735. The van der Waals surface area contributed by atoms with Gasteiger partial charge < -0.3 is 10.4 Å². The van der Waals surface area contributed by atoms with E-state index < -0.39 is 5.97 Å². The van der Waals surface area contributed by atoms with E-state index in [1.807, 2.05) is 13.8 Å². The molecule has 0 bridgehead atoms. The average Bonchev–Trinajstić information content (AvgIpc) is 2.40. The van der Waals surface area contributed by atoms with Crippen molar-refractivity contribution in [2.24, 2.45) is 5.41 Å². The van der Waals surface area contributed by atoms with Crippen molar-refractivity contribution in [3.05, 3.63) is 11.4 Å². The summed E-state index contributed by atoms with van der Waals surface area (Å²) in [7, 11) is 0. The number of anilines is 1. The van der Waals surface area contributed by atoms with Crippen LogP contribution >= 0.6 is 0 Å². The van der Waals surface area contributed by atoms with Gasteiger partial charge in [0, 0.05) is 6.54 Å². The summed E-state index contributed by atoms with van der Waals surface area (Å²) >= 11 is 0. The first kappa shape index (κ1) is 14.7. The average molecular weight is 278 g/mol. The van der Waals surface area contributed by atoms with Gasteiger partial charge in [-0.05, 0) is 31.1 Å². The van der Waals surface area contributed by atoms with E-state index in [1.54, 1.807) is 0 Å². The molecule has 6 nitrogen and oxygen atoms in total. The van der Waals surface area contributed by atoms with Crippen molar-refractivity contribution in [1.29, 1.82) is 0 Å². The smallest absolute Gasteiger partial charge is 0.303 e. The highest BCUT2D eigenvalue weighted by Gasteiger charge is 2.39. The van der Waals surface area contributed by atoms with Gasteiger partial charge in [0.05, 0.1) is 17.8 Å². The molecule has 0 aromatic carbocycles. The Hall–Kier alpha value is -1.72. The van der Waals surface area contributed by atoms with Crippen LogP contribution < -0.4 is 5.32 Å². The number of nitrogens with zero attached hydrogens (tertiary/aromatic N) is 3. The van der Waals surface area contributed by atoms with Crippen molar-refractivity contribution in [3.63, 3.8) is 0 Å². The molecular formula is C14H22N4O2. The number of nitrogens with one attached hydrogen (secondary N) is 1. The zero-order valence-electron chi connectivity index (χ0n) is 12.1. The molecule has 1 fully saturated rings. The van der Waals surface area contributed by atoms with Gasteiger partial charge in [0.1, 0.15) is 0 Å². The fourth-order valence-corrected chi connectivity index (χ4v) is 2.69. The van der Waals surface area contributed by atoms with E-state index in [0.717, 1.165) is 43.5 Å². The number of carboxylic acids is 1. The van der Waals surface area contributed by atoms with Crippen molar-refractivity contribution < 1.29 is 9.90 Å². The van der Waals surface area contributed by atoms with Crippen molar-refractivity contribution in [1.82, 2.24) is 15.2 Å². The Morgan fingerprint density at radius 3 is 2.45 bits per heavy atom. The first-order chi connectivity index (χ1) is 9.58. The molecule has 0 atom stereocenters. The number of aromatic nitrogens is 3. The van der Waals surface area contributed by atoms with Gasteiger partial charge in [0.2, 0.25) is 5.95 Å². The van der Waals surface area contributed by atoms with Crippen LogP contribution in [0.15, 0.2) is 0 Å². The van der Waals surface area contributed by atoms with Crippen LogP contribution in [0, 0.1) is 5.41 Å². The van der Waals surface area contributed by atoms with Crippen LogP contribution in [-0.2, 0) is 17.6 Å². The molecule has 2 rings (SSSR count). The zero-order chi connectivity index (χ0) is 14.6. The predicted octanol–water partition coefficient (Wildman–Crippen LogP) is 2.05. The highest BCUT2D eigenvalue weighted by molar-refractivity contribution is 5.68. The Morgan fingerprint density at radius 1 is 1.25 bits per heavy atom. The van der Waals surface area contributed by atoms with E-state index in [-0.39, 0.29) is 11.8 Å². The minimum Gasteiger partial charge on any atom is -0.481 e. The summed E-state index contributed by atoms with van der Waals surface area (Å²) < 4.78 is 0. The Balaban J connectivity index is 2.01. The second kappa shape index (κ2) is 6.15. The number of carbonyl (C=O) groups is 1. The molecule has 0 spiro atoms. The summed E-state index contributed by atoms with van der Waals surface area (Å²) in [5, 5.41) is 20.4. The van der Waals surface area contributed by atoms with Crippen LogP contribution in [0.2, 0.25) is 0 Å². The van der Waals surface area contributed by atoms with Crippen molar-refractivity contribution in [2.75, 3.05) is 11.9 Å². The molecule has 20 heavy (non-hydrogen) atoms. The van der Waals surface area contributed by atoms with E-state index in [9.17, 15) is 4.79 Å². The number of rotatable bonds is 7. The third-order valence-corrected chi connectivity index (χ3v) is 4.07. The van der Waals surface area contributed by atoms with Gasteiger partial charge in [-0.2, -0.15) is 5.10 Å². The normalized spacial score (nSPS) is 16.5. The predicted molar refractivity (Wildman–Crippen MR) is 75.6 cm³/mol. The molecule has 6 heteroatoms. The summed E-state index contributed by atoms with van der Waals surface area (Å²) in [5.74, 6) is -0.225. The molecular weight excluding hydrogens is 256 g/mol. The van der Waals surface area contributed by atoms with Gasteiger partial charge in [-0.25, -0.2) is 4.98 Å². The SMILES string of the molecule is CCc1nnc(NCC2(CC(=O)O)CCC2)nc1CC. The summed E-state index contributed by atoms with van der Waals surface area (Å²) in [6, 6.07) is 0. The molecule has 0 unspecified atom stereocenters. The van der Waals surface area contributed by atoms with E-state index in [0.29, 0.717) is 12.5 Å². The van der Waals surface area contributed by atoms with Crippen molar-refractivity contribution in [2.45, 2.75) is 52.4 Å². The number of hydrogen-bond acceptors (Lipinski definition) is 5. The summed E-state index contributed by atoms with van der Waals surface area (Å²) in [4.78, 5) is 15.4. The lowest BCUT2D eigenvalue weighted by molar-refractivity contribution is -0.141. The maximum Gasteiger partial charge on any atom is 0.303 e. The third kappa shape index (κ3) is 3.23. The van der Waals surface area contributed by atoms with Crippen molar-refractivity contribution in [3.8, 4) is 0 Å². The lowest BCUT2D eigenvalue weighted by atomic mass is 9.66. The molecule has 110 valence electrons. The van der Waals surface area contributed by atoms with Crippen LogP contribution in [0.1, 0.15) is 50.9 Å². The molecule has 0 amide bonds. The Bertz CT molecular complexity index is 486. The van der Waals surface area contributed by atoms with E-state index >= 15 is 0 Å². The number of aryl methyl sites for hydroxylation is 2. The molecule has 1 heterocycles. The molecule has 0 aliphatic heterocycles. The fraction of sp³-hybridized carbons (Fsp3) is 0.714. The van der Waals surface area contributed by atoms with E-state index in [1.165, 1.54) is 0 Å². The lowest BCUT2D eigenvalue weighted by Crippen LogP contribution is -2.39. The molecule has 1 aliphatic carbocycles. The Kier molecular flexibility index (Phi) is 4.52. The monoisotopic (exact) mass is 278 g/mol. The highest BCUT2D eigenvalue weighted by atomic mass is 16.4. The van der Waals surface area contributed by atoms with Gasteiger partial charge in [-0.1, -0.05) is 20.3 Å². The first-order valence-corrected chi connectivity index (χ1v) is 7.26. The van der Waals surface area contributed by atoms with Crippen LogP contribution in [0.3, 0.4) is 0 Å². The van der Waals surface area contributed by atoms with Gasteiger partial charge in [0.15, 0.2) is 0 Å². The maximum atomic E-state index is 10.9. The summed E-state index contributed by atoms with van der Waals surface area (Å²) in [5.41, 5.74) is 1.76. The largest absolute Gasteiger partial charge is 0.481 e. The van der Waals surface area contributed by atoms with Gasteiger partial charge in [0.25, 0.3) is 0 Å².